The Labute approximate surface area is 191 Å². The SMILES string of the molecule is CCN(CC)C(=O)c1cccc(NC(=O)c2c(C)nn(Cc3ccccc3Cl)c2Cl)c1. The third-order valence-corrected chi connectivity index (χ3v) is 5.74. The molecule has 0 bridgehead atoms. The van der Waals surface area contributed by atoms with Gasteiger partial charge >= 0.3 is 0 Å². The maximum atomic E-state index is 12.9. The van der Waals surface area contributed by atoms with Crippen molar-refractivity contribution in [2.24, 2.45) is 0 Å². The molecular formula is C23H24Cl2N4O2. The van der Waals surface area contributed by atoms with E-state index in [4.69, 9.17) is 23.2 Å². The van der Waals surface area contributed by atoms with Gasteiger partial charge in [-0.3, -0.25) is 9.59 Å². The fourth-order valence-corrected chi connectivity index (χ4v) is 3.84. The number of hydrogen-bond acceptors (Lipinski definition) is 3. The van der Waals surface area contributed by atoms with Crippen LogP contribution in [0.15, 0.2) is 48.5 Å². The van der Waals surface area contributed by atoms with E-state index in [1.54, 1.807) is 46.8 Å². The summed E-state index contributed by atoms with van der Waals surface area (Å²) in [5.41, 5.74) is 2.67. The van der Waals surface area contributed by atoms with Gasteiger partial charge in [-0.2, -0.15) is 5.10 Å². The Morgan fingerprint density at radius 3 is 2.45 bits per heavy atom. The molecule has 3 aromatic rings. The standard InChI is InChI=1S/C23H24Cl2N4O2/c1-4-28(5-2)23(31)16-10-8-11-18(13-16)26-22(30)20-15(3)27-29(21(20)25)14-17-9-6-7-12-19(17)24/h6-13H,4-5,14H2,1-3H3,(H,26,30). The number of nitrogens with zero attached hydrogens (tertiary/aromatic N) is 3. The molecule has 0 radical (unpaired) electrons. The molecule has 31 heavy (non-hydrogen) atoms. The zero-order valence-electron chi connectivity index (χ0n) is 17.7. The number of carbonyl (C=O) groups excluding carboxylic acids is 2. The lowest BCUT2D eigenvalue weighted by molar-refractivity contribution is 0.0772. The zero-order valence-corrected chi connectivity index (χ0v) is 19.2. The Morgan fingerprint density at radius 1 is 1.06 bits per heavy atom. The van der Waals surface area contributed by atoms with Crippen molar-refractivity contribution < 1.29 is 9.59 Å². The van der Waals surface area contributed by atoms with Gasteiger partial charge in [-0.25, -0.2) is 4.68 Å². The lowest BCUT2D eigenvalue weighted by Crippen LogP contribution is -2.30. The average molecular weight is 459 g/mol. The van der Waals surface area contributed by atoms with Crippen LogP contribution in [0.4, 0.5) is 5.69 Å². The molecule has 1 N–H and O–H groups in total. The number of nitrogens with one attached hydrogen (secondary N) is 1. The molecule has 162 valence electrons. The number of aromatic nitrogens is 2. The Morgan fingerprint density at radius 2 is 1.77 bits per heavy atom. The molecule has 0 aliphatic heterocycles. The largest absolute Gasteiger partial charge is 0.339 e. The number of aryl methyl sites for hydroxylation is 1. The topological polar surface area (TPSA) is 67.2 Å². The molecule has 2 aromatic carbocycles. The second-order valence-corrected chi connectivity index (χ2v) is 7.78. The first-order valence-corrected chi connectivity index (χ1v) is 10.8. The van der Waals surface area contributed by atoms with Crippen molar-refractivity contribution in [1.82, 2.24) is 14.7 Å². The molecule has 0 fully saturated rings. The predicted octanol–water partition coefficient (Wildman–Crippen LogP) is 5.28. The second kappa shape index (κ2) is 9.98. The lowest BCUT2D eigenvalue weighted by Gasteiger charge is -2.19. The van der Waals surface area contributed by atoms with E-state index in [0.29, 0.717) is 41.6 Å². The molecule has 0 saturated heterocycles. The van der Waals surface area contributed by atoms with Crippen molar-refractivity contribution in [2.75, 3.05) is 18.4 Å². The summed E-state index contributed by atoms with van der Waals surface area (Å²) in [6, 6.07) is 14.3. The minimum absolute atomic E-state index is 0.0807. The summed E-state index contributed by atoms with van der Waals surface area (Å²) in [5, 5.41) is 8.06. The van der Waals surface area contributed by atoms with Crippen LogP contribution in [0.5, 0.6) is 0 Å². The van der Waals surface area contributed by atoms with E-state index in [9.17, 15) is 9.59 Å². The number of benzene rings is 2. The van der Waals surface area contributed by atoms with Crippen LogP contribution < -0.4 is 5.32 Å². The molecule has 0 aliphatic rings. The fraction of sp³-hybridized carbons (Fsp3) is 0.261. The molecular weight excluding hydrogens is 435 g/mol. The second-order valence-electron chi connectivity index (χ2n) is 7.01. The van der Waals surface area contributed by atoms with Crippen molar-refractivity contribution in [1.29, 1.82) is 0 Å². The van der Waals surface area contributed by atoms with E-state index in [0.717, 1.165) is 5.56 Å². The molecule has 0 unspecified atom stereocenters. The van der Waals surface area contributed by atoms with Crippen LogP contribution in [0, 0.1) is 6.92 Å². The quantitative estimate of drug-likeness (QED) is 0.523. The molecule has 2 amide bonds. The molecule has 8 heteroatoms. The number of anilines is 1. The highest BCUT2D eigenvalue weighted by atomic mass is 35.5. The van der Waals surface area contributed by atoms with Gasteiger partial charge in [0, 0.05) is 29.4 Å². The Balaban J connectivity index is 1.81. The third-order valence-electron chi connectivity index (χ3n) is 4.99. The first-order valence-electron chi connectivity index (χ1n) is 10.0. The highest BCUT2D eigenvalue weighted by Gasteiger charge is 2.21. The summed E-state index contributed by atoms with van der Waals surface area (Å²) in [5.74, 6) is -0.469. The summed E-state index contributed by atoms with van der Waals surface area (Å²) < 4.78 is 1.55. The number of rotatable bonds is 7. The highest BCUT2D eigenvalue weighted by molar-refractivity contribution is 6.34. The minimum atomic E-state index is -0.389. The van der Waals surface area contributed by atoms with Crippen molar-refractivity contribution >= 4 is 40.7 Å². The van der Waals surface area contributed by atoms with E-state index in [2.05, 4.69) is 10.4 Å². The van der Waals surface area contributed by atoms with Gasteiger partial charge < -0.3 is 10.2 Å². The van der Waals surface area contributed by atoms with Gasteiger partial charge in [-0.1, -0.05) is 47.5 Å². The summed E-state index contributed by atoms with van der Waals surface area (Å²) in [6.45, 7) is 7.16. The van der Waals surface area contributed by atoms with Crippen molar-refractivity contribution in [3.63, 3.8) is 0 Å². The number of amides is 2. The summed E-state index contributed by atoms with van der Waals surface area (Å²) >= 11 is 12.7. The molecule has 0 spiro atoms. The maximum Gasteiger partial charge on any atom is 0.260 e. The molecule has 1 heterocycles. The molecule has 1 aromatic heterocycles. The minimum Gasteiger partial charge on any atom is -0.339 e. The molecule has 6 nitrogen and oxygen atoms in total. The van der Waals surface area contributed by atoms with Crippen LogP contribution >= 0.6 is 23.2 Å². The van der Waals surface area contributed by atoms with Crippen LogP contribution in [0.3, 0.4) is 0 Å². The van der Waals surface area contributed by atoms with Gasteiger partial charge in [-0.15, -0.1) is 0 Å². The van der Waals surface area contributed by atoms with Gasteiger partial charge in [0.1, 0.15) is 5.15 Å². The predicted molar refractivity (Wildman–Crippen MR) is 124 cm³/mol. The Bertz CT molecular complexity index is 1110. The summed E-state index contributed by atoms with van der Waals surface area (Å²) in [4.78, 5) is 27.3. The fourth-order valence-electron chi connectivity index (χ4n) is 3.32. The first kappa shape index (κ1) is 22.8. The van der Waals surface area contributed by atoms with Crippen molar-refractivity contribution in [3.05, 3.63) is 81.1 Å². The van der Waals surface area contributed by atoms with Crippen LogP contribution in [0.2, 0.25) is 10.2 Å². The highest BCUT2D eigenvalue weighted by Crippen LogP contribution is 2.24. The van der Waals surface area contributed by atoms with Crippen LogP contribution in [0.1, 0.15) is 45.8 Å². The monoisotopic (exact) mass is 458 g/mol. The Kier molecular flexibility index (Phi) is 7.36. The van der Waals surface area contributed by atoms with Crippen molar-refractivity contribution in [2.45, 2.75) is 27.3 Å². The smallest absolute Gasteiger partial charge is 0.260 e. The van der Waals surface area contributed by atoms with Crippen LogP contribution in [-0.2, 0) is 6.54 Å². The maximum absolute atomic E-state index is 12.9. The van der Waals surface area contributed by atoms with Crippen LogP contribution in [-0.4, -0.2) is 39.6 Å². The molecule has 3 rings (SSSR count). The average Bonchev–Trinajstić information content (AvgIpc) is 3.03. The van der Waals surface area contributed by atoms with E-state index < -0.39 is 0 Å². The van der Waals surface area contributed by atoms with Crippen LogP contribution in [0.25, 0.3) is 0 Å². The molecule has 0 aliphatic carbocycles. The van der Waals surface area contributed by atoms with Gasteiger partial charge in [0.2, 0.25) is 0 Å². The number of halogens is 2. The summed E-state index contributed by atoms with van der Waals surface area (Å²) in [6.07, 6.45) is 0. The molecule has 0 saturated carbocycles. The van der Waals surface area contributed by atoms with Crippen molar-refractivity contribution in [3.8, 4) is 0 Å². The molecule has 0 atom stereocenters. The normalized spacial score (nSPS) is 10.7. The van der Waals surface area contributed by atoms with E-state index >= 15 is 0 Å². The zero-order chi connectivity index (χ0) is 22.5. The number of carbonyl (C=O) groups is 2. The number of hydrogen-bond donors (Lipinski definition) is 1. The van der Waals surface area contributed by atoms with E-state index in [1.807, 2.05) is 32.0 Å². The summed E-state index contributed by atoms with van der Waals surface area (Å²) in [7, 11) is 0. The Hall–Kier alpha value is -2.83. The third kappa shape index (κ3) is 5.09. The van der Waals surface area contributed by atoms with Gasteiger partial charge in [0.15, 0.2) is 0 Å². The van der Waals surface area contributed by atoms with Gasteiger partial charge in [0.05, 0.1) is 17.8 Å². The first-order chi connectivity index (χ1) is 14.8. The van der Waals surface area contributed by atoms with E-state index in [-0.39, 0.29) is 22.5 Å². The van der Waals surface area contributed by atoms with Gasteiger partial charge in [0.25, 0.3) is 11.8 Å². The van der Waals surface area contributed by atoms with E-state index in [1.165, 1.54) is 0 Å². The lowest BCUT2D eigenvalue weighted by atomic mass is 10.1. The van der Waals surface area contributed by atoms with Gasteiger partial charge in [-0.05, 0) is 50.6 Å².